The molecule has 21 heavy (non-hydrogen) atoms. The monoisotopic (exact) mass is 317 g/mol. The van der Waals surface area contributed by atoms with Crippen molar-refractivity contribution >= 4 is 16.0 Å². The molecule has 122 valence electrons. The zero-order valence-electron chi connectivity index (χ0n) is 13.8. The molecule has 1 heterocycles. The molecule has 2 atom stereocenters. The minimum Gasteiger partial charge on any atom is -0.465 e. The topological polar surface area (TPSA) is 63.7 Å². The van der Waals surface area contributed by atoms with E-state index in [2.05, 4.69) is 6.58 Å². The van der Waals surface area contributed by atoms with Gasteiger partial charge in [0, 0.05) is 12.5 Å². The standard InChI is InChI=1S/C15H27NO4S/c1-8-20-14(17)13-12(10(2)3)11(4)9-16(13)21(18,19)15(5,6)7/h10,12-13H,4,8-9H2,1-3,5-7H3/t12-,13+/m1/s1. The maximum Gasteiger partial charge on any atom is 0.325 e. The number of hydrogen-bond donors (Lipinski definition) is 0. The van der Waals surface area contributed by atoms with Gasteiger partial charge in [-0.1, -0.05) is 26.0 Å². The molecular formula is C15H27NO4S. The van der Waals surface area contributed by atoms with E-state index in [9.17, 15) is 13.2 Å². The lowest BCUT2D eigenvalue weighted by Crippen LogP contribution is -2.50. The average Bonchev–Trinajstić information content (AvgIpc) is 2.66. The molecule has 1 aliphatic heterocycles. The second-order valence-electron chi connectivity index (χ2n) is 6.79. The van der Waals surface area contributed by atoms with Gasteiger partial charge in [-0.05, 0) is 33.6 Å². The van der Waals surface area contributed by atoms with E-state index in [1.807, 2.05) is 13.8 Å². The fourth-order valence-corrected chi connectivity index (χ4v) is 4.28. The van der Waals surface area contributed by atoms with Crippen LogP contribution < -0.4 is 0 Å². The molecule has 0 unspecified atom stereocenters. The fraction of sp³-hybridized carbons (Fsp3) is 0.800. The maximum atomic E-state index is 12.8. The third-order valence-corrected chi connectivity index (χ3v) is 6.33. The first kappa shape index (κ1) is 18.2. The summed E-state index contributed by atoms with van der Waals surface area (Å²) in [5.41, 5.74) is 0.774. The molecule has 0 aromatic carbocycles. The van der Waals surface area contributed by atoms with Gasteiger partial charge in [0.25, 0.3) is 0 Å². The van der Waals surface area contributed by atoms with E-state index < -0.39 is 26.8 Å². The fourth-order valence-electron chi connectivity index (χ4n) is 2.72. The number of hydrogen-bond acceptors (Lipinski definition) is 4. The number of ether oxygens (including phenoxy) is 1. The Morgan fingerprint density at radius 1 is 1.43 bits per heavy atom. The van der Waals surface area contributed by atoms with Crippen molar-refractivity contribution in [2.75, 3.05) is 13.2 Å². The summed E-state index contributed by atoms with van der Waals surface area (Å²) in [4.78, 5) is 12.3. The lowest BCUT2D eigenvalue weighted by atomic mass is 9.86. The quantitative estimate of drug-likeness (QED) is 0.589. The Hall–Kier alpha value is -0.880. The van der Waals surface area contributed by atoms with Crippen LogP contribution in [0.2, 0.25) is 0 Å². The predicted octanol–water partition coefficient (Wildman–Crippen LogP) is 2.19. The van der Waals surface area contributed by atoms with Crippen LogP contribution in [-0.4, -0.2) is 42.6 Å². The van der Waals surface area contributed by atoms with Crippen LogP contribution >= 0.6 is 0 Å². The largest absolute Gasteiger partial charge is 0.465 e. The Kier molecular flexibility index (Phi) is 5.26. The van der Waals surface area contributed by atoms with Crippen molar-refractivity contribution in [1.29, 1.82) is 0 Å². The van der Waals surface area contributed by atoms with Crippen molar-refractivity contribution in [2.45, 2.75) is 52.3 Å². The van der Waals surface area contributed by atoms with Crippen molar-refractivity contribution in [2.24, 2.45) is 11.8 Å². The van der Waals surface area contributed by atoms with E-state index in [0.717, 1.165) is 5.57 Å². The highest BCUT2D eigenvalue weighted by molar-refractivity contribution is 7.90. The predicted molar refractivity (Wildman–Crippen MR) is 83.3 cm³/mol. The van der Waals surface area contributed by atoms with Gasteiger partial charge >= 0.3 is 5.97 Å². The van der Waals surface area contributed by atoms with Crippen molar-refractivity contribution in [3.8, 4) is 0 Å². The smallest absolute Gasteiger partial charge is 0.325 e. The summed E-state index contributed by atoms with van der Waals surface area (Å²) in [6.07, 6.45) is 0. The molecule has 1 aliphatic rings. The molecule has 6 heteroatoms. The van der Waals surface area contributed by atoms with Crippen LogP contribution in [-0.2, 0) is 19.6 Å². The van der Waals surface area contributed by atoms with Crippen molar-refractivity contribution in [3.05, 3.63) is 12.2 Å². The summed E-state index contributed by atoms with van der Waals surface area (Å²) in [6.45, 7) is 15.0. The van der Waals surface area contributed by atoms with Crippen LogP contribution in [0.15, 0.2) is 12.2 Å². The van der Waals surface area contributed by atoms with Crippen LogP contribution in [0.4, 0.5) is 0 Å². The molecule has 1 saturated heterocycles. The molecule has 5 nitrogen and oxygen atoms in total. The van der Waals surface area contributed by atoms with Crippen molar-refractivity contribution in [1.82, 2.24) is 4.31 Å². The SMILES string of the molecule is C=C1CN(S(=O)(=O)C(C)(C)C)[C@H](C(=O)OCC)[C@@H]1C(C)C. The van der Waals surface area contributed by atoms with Gasteiger partial charge in [-0.2, -0.15) is 4.31 Å². The van der Waals surface area contributed by atoms with E-state index in [0.29, 0.717) is 0 Å². The first-order valence-electron chi connectivity index (χ1n) is 7.30. The molecule has 0 spiro atoms. The van der Waals surface area contributed by atoms with Crippen LogP contribution in [0.1, 0.15) is 41.5 Å². The molecule has 0 N–H and O–H groups in total. The summed E-state index contributed by atoms with van der Waals surface area (Å²) in [7, 11) is -3.62. The molecule has 0 bridgehead atoms. The molecule has 0 aromatic rings. The Morgan fingerprint density at radius 2 is 1.95 bits per heavy atom. The van der Waals surface area contributed by atoms with Gasteiger partial charge in [0.2, 0.25) is 10.0 Å². The summed E-state index contributed by atoms with van der Waals surface area (Å²) >= 11 is 0. The highest BCUT2D eigenvalue weighted by Gasteiger charge is 2.51. The average molecular weight is 317 g/mol. The summed E-state index contributed by atoms with van der Waals surface area (Å²) in [5, 5.41) is 0. The Morgan fingerprint density at radius 3 is 2.33 bits per heavy atom. The van der Waals surface area contributed by atoms with Gasteiger partial charge in [-0.25, -0.2) is 8.42 Å². The van der Waals surface area contributed by atoms with Gasteiger partial charge in [0.05, 0.1) is 11.4 Å². The van der Waals surface area contributed by atoms with Crippen LogP contribution in [0.25, 0.3) is 0 Å². The minimum atomic E-state index is -3.62. The number of carbonyl (C=O) groups is 1. The number of rotatable bonds is 4. The van der Waals surface area contributed by atoms with Gasteiger partial charge in [0.15, 0.2) is 0 Å². The number of nitrogens with zero attached hydrogens (tertiary/aromatic N) is 1. The molecule has 1 rings (SSSR count). The van der Waals surface area contributed by atoms with E-state index in [1.165, 1.54) is 4.31 Å². The molecule has 0 aromatic heterocycles. The summed E-state index contributed by atoms with van der Waals surface area (Å²) < 4.78 is 30.9. The van der Waals surface area contributed by atoms with E-state index in [1.54, 1.807) is 27.7 Å². The second kappa shape index (κ2) is 6.08. The Balaban J connectivity index is 3.31. The maximum absolute atomic E-state index is 12.8. The number of esters is 1. The highest BCUT2D eigenvalue weighted by atomic mass is 32.2. The van der Waals surface area contributed by atoms with Crippen molar-refractivity contribution in [3.63, 3.8) is 0 Å². The minimum absolute atomic E-state index is 0.118. The number of carbonyl (C=O) groups excluding carboxylic acids is 1. The van der Waals surface area contributed by atoms with Crippen molar-refractivity contribution < 1.29 is 17.9 Å². The van der Waals surface area contributed by atoms with Gasteiger partial charge in [0.1, 0.15) is 6.04 Å². The van der Waals surface area contributed by atoms with Gasteiger partial charge in [-0.15, -0.1) is 0 Å². The second-order valence-corrected chi connectivity index (χ2v) is 9.43. The zero-order chi connectivity index (χ0) is 16.6. The summed E-state index contributed by atoms with van der Waals surface area (Å²) in [6, 6.07) is -0.804. The molecule has 1 fully saturated rings. The molecule has 0 amide bonds. The lowest BCUT2D eigenvalue weighted by Gasteiger charge is -2.32. The first-order chi connectivity index (χ1) is 9.45. The highest BCUT2D eigenvalue weighted by Crippen LogP contribution is 2.39. The Labute approximate surface area is 128 Å². The molecule has 0 aliphatic carbocycles. The normalized spacial score (nSPS) is 24.6. The third kappa shape index (κ3) is 3.31. The molecular weight excluding hydrogens is 290 g/mol. The number of sulfonamides is 1. The van der Waals surface area contributed by atoms with E-state index in [4.69, 9.17) is 4.74 Å². The first-order valence-corrected chi connectivity index (χ1v) is 8.74. The summed E-state index contributed by atoms with van der Waals surface area (Å²) in [5.74, 6) is -0.573. The van der Waals surface area contributed by atoms with Crippen LogP contribution in [0, 0.1) is 11.8 Å². The molecule has 0 saturated carbocycles. The lowest BCUT2D eigenvalue weighted by molar-refractivity contribution is -0.148. The zero-order valence-corrected chi connectivity index (χ0v) is 14.7. The van der Waals surface area contributed by atoms with Crippen LogP contribution in [0.3, 0.4) is 0 Å². The van der Waals surface area contributed by atoms with Crippen LogP contribution in [0.5, 0.6) is 0 Å². The van der Waals surface area contributed by atoms with E-state index >= 15 is 0 Å². The third-order valence-electron chi connectivity index (χ3n) is 3.81. The van der Waals surface area contributed by atoms with Gasteiger partial charge in [-0.3, -0.25) is 4.79 Å². The Bertz CT molecular complexity index is 516. The van der Waals surface area contributed by atoms with E-state index in [-0.39, 0.29) is 25.0 Å². The molecule has 0 radical (unpaired) electrons. The van der Waals surface area contributed by atoms with Gasteiger partial charge < -0.3 is 4.74 Å².